The SMILES string of the molecule is O=S1(=O)C=C(Br)N=C1COc1ccccc1. The second-order valence-electron chi connectivity index (χ2n) is 3.09. The van der Waals surface area contributed by atoms with Crippen LogP contribution < -0.4 is 4.74 Å². The number of rotatable bonds is 3. The first-order chi connectivity index (χ1) is 7.58. The highest BCUT2D eigenvalue weighted by molar-refractivity contribution is 9.11. The summed E-state index contributed by atoms with van der Waals surface area (Å²) >= 11 is 3.02. The van der Waals surface area contributed by atoms with Crippen LogP contribution in [0.5, 0.6) is 5.75 Å². The summed E-state index contributed by atoms with van der Waals surface area (Å²) in [4.78, 5) is 3.84. The molecule has 1 heterocycles. The first-order valence-corrected chi connectivity index (χ1v) is 6.79. The molecule has 0 radical (unpaired) electrons. The zero-order valence-corrected chi connectivity index (χ0v) is 10.5. The number of benzene rings is 1. The van der Waals surface area contributed by atoms with E-state index in [1.165, 1.54) is 0 Å². The summed E-state index contributed by atoms with van der Waals surface area (Å²) < 4.78 is 28.6. The van der Waals surface area contributed by atoms with Crippen LogP contribution in [0.25, 0.3) is 0 Å². The Kier molecular flexibility index (Phi) is 3.11. The average molecular weight is 302 g/mol. The Morgan fingerprint density at radius 3 is 2.50 bits per heavy atom. The Morgan fingerprint density at radius 1 is 1.25 bits per heavy atom. The Hall–Kier alpha value is -1.14. The van der Waals surface area contributed by atoms with E-state index < -0.39 is 9.84 Å². The maximum Gasteiger partial charge on any atom is 0.219 e. The molecule has 2 rings (SSSR count). The van der Waals surface area contributed by atoms with Gasteiger partial charge in [-0.1, -0.05) is 18.2 Å². The van der Waals surface area contributed by atoms with E-state index in [-0.39, 0.29) is 11.7 Å². The molecule has 1 aliphatic heterocycles. The number of nitrogens with zero attached hydrogens (tertiary/aromatic N) is 1. The number of hydrogen-bond donors (Lipinski definition) is 0. The van der Waals surface area contributed by atoms with Crippen molar-refractivity contribution in [2.24, 2.45) is 4.99 Å². The molecule has 0 saturated carbocycles. The van der Waals surface area contributed by atoms with Crippen LogP contribution in [0.2, 0.25) is 0 Å². The topological polar surface area (TPSA) is 55.7 Å². The van der Waals surface area contributed by atoms with Crippen molar-refractivity contribution < 1.29 is 13.2 Å². The monoisotopic (exact) mass is 301 g/mol. The van der Waals surface area contributed by atoms with Gasteiger partial charge in [-0.15, -0.1) is 0 Å². The maximum atomic E-state index is 11.5. The van der Waals surface area contributed by atoms with Crippen molar-refractivity contribution in [3.63, 3.8) is 0 Å². The van der Waals surface area contributed by atoms with Crippen molar-refractivity contribution in [2.45, 2.75) is 0 Å². The van der Waals surface area contributed by atoms with Gasteiger partial charge in [0.15, 0.2) is 5.04 Å². The first-order valence-electron chi connectivity index (χ1n) is 4.46. The third kappa shape index (κ3) is 2.51. The molecule has 84 valence electrons. The average Bonchev–Trinajstić information content (AvgIpc) is 2.50. The molecule has 1 aromatic rings. The maximum absolute atomic E-state index is 11.5. The lowest BCUT2D eigenvalue weighted by Crippen LogP contribution is -2.17. The Morgan fingerprint density at radius 2 is 1.94 bits per heavy atom. The molecule has 0 aromatic heterocycles. The van der Waals surface area contributed by atoms with Crippen molar-refractivity contribution in [1.82, 2.24) is 0 Å². The molecular weight excluding hydrogens is 294 g/mol. The number of hydrogen-bond acceptors (Lipinski definition) is 4. The zero-order chi connectivity index (χ0) is 11.6. The molecule has 0 atom stereocenters. The minimum absolute atomic E-state index is 0.0169. The summed E-state index contributed by atoms with van der Waals surface area (Å²) in [6.45, 7) is -0.0576. The lowest BCUT2D eigenvalue weighted by Gasteiger charge is -2.04. The summed E-state index contributed by atoms with van der Waals surface area (Å²) in [6, 6.07) is 8.99. The molecule has 1 aliphatic rings. The van der Waals surface area contributed by atoms with Gasteiger partial charge in [0.05, 0.1) is 5.41 Å². The summed E-state index contributed by atoms with van der Waals surface area (Å²) in [7, 11) is -3.39. The molecule has 1 aromatic carbocycles. The van der Waals surface area contributed by atoms with Gasteiger partial charge in [0.25, 0.3) is 0 Å². The van der Waals surface area contributed by atoms with Crippen molar-refractivity contribution in [2.75, 3.05) is 6.61 Å². The quantitative estimate of drug-likeness (QED) is 0.803. The summed E-state index contributed by atoms with van der Waals surface area (Å²) in [6.07, 6.45) is 0. The van der Waals surface area contributed by atoms with E-state index in [1.54, 1.807) is 12.1 Å². The van der Waals surface area contributed by atoms with Gasteiger partial charge >= 0.3 is 0 Å². The highest BCUT2D eigenvalue weighted by Gasteiger charge is 2.24. The highest BCUT2D eigenvalue weighted by atomic mass is 79.9. The minimum atomic E-state index is -3.39. The van der Waals surface area contributed by atoms with Gasteiger partial charge in [-0.25, -0.2) is 13.4 Å². The molecule has 0 unspecified atom stereocenters. The van der Waals surface area contributed by atoms with Crippen molar-refractivity contribution in [3.05, 3.63) is 40.3 Å². The van der Waals surface area contributed by atoms with Crippen molar-refractivity contribution in [1.29, 1.82) is 0 Å². The molecule has 0 aliphatic carbocycles. The van der Waals surface area contributed by atoms with Crippen LogP contribution in [0.4, 0.5) is 0 Å². The number of para-hydroxylation sites is 1. The summed E-state index contributed by atoms with van der Waals surface area (Å²) in [5.74, 6) is 0.614. The standard InChI is InChI=1S/C10H8BrNO3S/c11-9-7-16(13,14)10(12-9)6-15-8-4-2-1-3-5-8/h1-5,7H,6H2. The zero-order valence-electron chi connectivity index (χ0n) is 8.13. The number of halogens is 1. The van der Waals surface area contributed by atoms with Crippen LogP contribution in [-0.4, -0.2) is 20.1 Å². The van der Waals surface area contributed by atoms with Crippen LogP contribution in [0.1, 0.15) is 0 Å². The van der Waals surface area contributed by atoms with Gasteiger partial charge in [0.1, 0.15) is 17.0 Å². The van der Waals surface area contributed by atoms with Gasteiger partial charge in [0.2, 0.25) is 9.84 Å². The van der Waals surface area contributed by atoms with Crippen LogP contribution in [-0.2, 0) is 9.84 Å². The highest BCUT2D eigenvalue weighted by Crippen LogP contribution is 2.20. The minimum Gasteiger partial charge on any atom is -0.487 e. The summed E-state index contributed by atoms with van der Waals surface area (Å²) in [5.41, 5.74) is 0. The second-order valence-corrected chi connectivity index (χ2v) is 5.70. The first kappa shape index (κ1) is 11.3. The molecule has 16 heavy (non-hydrogen) atoms. The molecule has 0 N–H and O–H groups in total. The second kappa shape index (κ2) is 4.39. The Balaban J connectivity index is 2.06. The predicted molar refractivity (Wildman–Crippen MR) is 65.3 cm³/mol. The molecular formula is C10H8BrNO3S. The van der Waals surface area contributed by atoms with Gasteiger partial charge in [-0.3, -0.25) is 0 Å². The van der Waals surface area contributed by atoms with E-state index in [0.29, 0.717) is 10.4 Å². The molecule has 6 heteroatoms. The molecule has 0 spiro atoms. The Labute approximate surface area is 102 Å². The van der Waals surface area contributed by atoms with Crippen LogP contribution in [0, 0.1) is 0 Å². The summed E-state index contributed by atoms with van der Waals surface area (Å²) in [5, 5.41) is 1.08. The molecule has 4 nitrogen and oxygen atoms in total. The van der Waals surface area contributed by atoms with Gasteiger partial charge in [-0.05, 0) is 28.1 Å². The molecule has 0 amide bonds. The number of sulfone groups is 1. The third-order valence-electron chi connectivity index (χ3n) is 1.92. The van der Waals surface area contributed by atoms with Crippen LogP contribution >= 0.6 is 15.9 Å². The molecule has 0 fully saturated rings. The van der Waals surface area contributed by atoms with E-state index in [0.717, 1.165) is 5.41 Å². The van der Waals surface area contributed by atoms with Crippen molar-refractivity contribution >= 4 is 30.8 Å². The van der Waals surface area contributed by atoms with E-state index >= 15 is 0 Å². The molecule has 0 bridgehead atoms. The van der Waals surface area contributed by atoms with Crippen molar-refractivity contribution in [3.8, 4) is 5.75 Å². The fourth-order valence-corrected chi connectivity index (χ4v) is 3.14. The van der Waals surface area contributed by atoms with Gasteiger partial charge < -0.3 is 4.74 Å². The smallest absolute Gasteiger partial charge is 0.219 e. The van der Waals surface area contributed by atoms with Crippen LogP contribution in [0.3, 0.4) is 0 Å². The lowest BCUT2D eigenvalue weighted by atomic mass is 10.3. The van der Waals surface area contributed by atoms with Gasteiger partial charge in [0, 0.05) is 0 Å². The largest absolute Gasteiger partial charge is 0.487 e. The van der Waals surface area contributed by atoms with E-state index in [9.17, 15) is 8.42 Å². The fourth-order valence-electron chi connectivity index (χ4n) is 1.18. The number of ether oxygens (including phenoxy) is 1. The normalized spacial score (nSPS) is 17.8. The fraction of sp³-hybridized carbons (Fsp3) is 0.100. The Bertz CT molecular complexity index is 549. The third-order valence-corrected chi connectivity index (χ3v) is 4.03. The van der Waals surface area contributed by atoms with E-state index in [1.807, 2.05) is 18.2 Å². The lowest BCUT2D eigenvalue weighted by molar-refractivity contribution is 0.378. The van der Waals surface area contributed by atoms with Crippen LogP contribution in [0.15, 0.2) is 45.3 Å². The number of aliphatic imine (C=N–C) groups is 1. The molecule has 0 saturated heterocycles. The predicted octanol–water partition coefficient (Wildman–Crippen LogP) is 2.09. The van der Waals surface area contributed by atoms with E-state index in [2.05, 4.69) is 20.9 Å². The van der Waals surface area contributed by atoms with Gasteiger partial charge in [-0.2, -0.15) is 0 Å². The van der Waals surface area contributed by atoms with E-state index in [4.69, 9.17) is 4.74 Å².